The predicted octanol–water partition coefficient (Wildman–Crippen LogP) is 4.43. The van der Waals surface area contributed by atoms with Gasteiger partial charge in [0, 0.05) is 30.6 Å². The van der Waals surface area contributed by atoms with Gasteiger partial charge in [-0.1, -0.05) is 12.1 Å². The molecule has 2 aromatic carbocycles. The number of anilines is 1. The van der Waals surface area contributed by atoms with Crippen molar-refractivity contribution in [1.82, 2.24) is 4.90 Å². The lowest BCUT2D eigenvalue weighted by Crippen LogP contribution is -2.16. The number of carbonyl (C=O) groups is 1. The van der Waals surface area contributed by atoms with Crippen LogP contribution in [0.15, 0.2) is 58.3 Å². The number of rotatable bonds is 7. The van der Waals surface area contributed by atoms with Crippen molar-refractivity contribution in [2.75, 3.05) is 24.7 Å². The minimum absolute atomic E-state index is 0.0902. The average molecular weight is 413 g/mol. The van der Waals surface area contributed by atoms with Gasteiger partial charge in [0.2, 0.25) is 0 Å². The van der Waals surface area contributed by atoms with Gasteiger partial charge in [-0.3, -0.25) is 9.52 Å². The number of nitrogens with one attached hydrogen (secondary N) is 1. The lowest BCUT2D eigenvalue weighted by atomic mass is 10.1. The Morgan fingerprint density at radius 3 is 2.23 bits per heavy atom. The van der Waals surface area contributed by atoms with Gasteiger partial charge >= 0.3 is 0 Å². The van der Waals surface area contributed by atoms with Gasteiger partial charge in [-0.15, -0.1) is 11.6 Å². The molecule has 0 aliphatic carbocycles. The minimum Gasteiger partial charge on any atom is -0.339 e. The summed E-state index contributed by atoms with van der Waals surface area (Å²) in [6, 6.07) is 13.5. The third-order valence-electron chi connectivity index (χ3n) is 3.51. The van der Waals surface area contributed by atoms with Gasteiger partial charge in [-0.25, -0.2) is 8.42 Å². The van der Waals surface area contributed by atoms with Gasteiger partial charge in [-0.05, 0) is 66.6 Å². The van der Waals surface area contributed by atoms with Gasteiger partial charge in [0.25, 0.3) is 15.3 Å². The van der Waals surface area contributed by atoms with Crippen molar-refractivity contribution in [3.8, 4) is 0 Å². The minimum atomic E-state index is -3.66. The lowest BCUT2D eigenvalue weighted by molar-refractivity contribution is 0.241. The van der Waals surface area contributed by atoms with Gasteiger partial charge in [0.1, 0.15) is 0 Å². The molecular formula is C18H21ClN2O3S2. The van der Waals surface area contributed by atoms with Gasteiger partial charge < -0.3 is 4.90 Å². The maximum absolute atomic E-state index is 12.5. The van der Waals surface area contributed by atoms with Crippen LogP contribution in [-0.4, -0.2) is 38.5 Å². The topological polar surface area (TPSA) is 66.5 Å². The Kier molecular flexibility index (Phi) is 7.37. The molecule has 0 bridgehead atoms. The van der Waals surface area contributed by atoms with E-state index in [4.69, 9.17) is 11.6 Å². The Morgan fingerprint density at radius 2 is 1.69 bits per heavy atom. The molecule has 0 fully saturated rings. The molecule has 1 amide bonds. The quantitative estimate of drug-likeness (QED) is 0.539. The van der Waals surface area contributed by atoms with Crippen LogP contribution in [0, 0.1) is 0 Å². The monoisotopic (exact) mass is 412 g/mol. The van der Waals surface area contributed by atoms with Crippen LogP contribution in [0.3, 0.4) is 0 Å². The van der Waals surface area contributed by atoms with E-state index in [1.165, 1.54) is 4.90 Å². The van der Waals surface area contributed by atoms with E-state index in [1.54, 1.807) is 62.6 Å². The van der Waals surface area contributed by atoms with E-state index >= 15 is 0 Å². The number of carbonyl (C=O) groups excluding carboxylic acids is 1. The maximum Gasteiger partial charge on any atom is 0.285 e. The van der Waals surface area contributed by atoms with Crippen LogP contribution in [0.1, 0.15) is 12.0 Å². The first-order valence-electron chi connectivity index (χ1n) is 7.99. The second kappa shape index (κ2) is 9.30. The van der Waals surface area contributed by atoms with E-state index in [-0.39, 0.29) is 10.1 Å². The van der Waals surface area contributed by atoms with Crippen molar-refractivity contribution in [3.05, 3.63) is 54.1 Å². The number of aryl methyl sites for hydroxylation is 1. The van der Waals surface area contributed by atoms with Crippen molar-refractivity contribution >= 4 is 44.3 Å². The largest absolute Gasteiger partial charge is 0.339 e. The molecule has 0 aliphatic rings. The van der Waals surface area contributed by atoms with Crippen molar-refractivity contribution in [1.29, 1.82) is 0 Å². The lowest BCUT2D eigenvalue weighted by Gasteiger charge is -2.11. The van der Waals surface area contributed by atoms with E-state index < -0.39 is 10.0 Å². The fourth-order valence-corrected chi connectivity index (χ4v) is 3.95. The molecule has 8 heteroatoms. The molecular weight excluding hydrogens is 392 g/mol. The molecule has 0 aromatic heterocycles. The highest BCUT2D eigenvalue weighted by Crippen LogP contribution is 2.24. The molecule has 5 nitrogen and oxygen atoms in total. The van der Waals surface area contributed by atoms with Crippen LogP contribution in [0.5, 0.6) is 0 Å². The summed E-state index contributed by atoms with van der Waals surface area (Å²) in [6.07, 6.45) is 1.68. The second-order valence-electron chi connectivity index (χ2n) is 5.83. The highest BCUT2D eigenvalue weighted by Gasteiger charge is 2.14. The number of alkyl halides is 1. The Hall–Kier alpha value is -1.70. The summed E-state index contributed by atoms with van der Waals surface area (Å²) in [7, 11) is -0.299. The molecule has 0 spiro atoms. The summed E-state index contributed by atoms with van der Waals surface area (Å²) in [6.45, 7) is 0. The molecule has 2 rings (SSSR count). The summed E-state index contributed by atoms with van der Waals surface area (Å²) in [5.74, 6) is 0.579. The molecule has 26 heavy (non-hydrogen) atoms. The van der Waals surface area contributed by atoms with Crippen LogP contribution >= 0.6 is 23.4 Å². The zero-order valence-electron chi connectivity index (χ0n) is 14.6. The predicted molar refractivity (Wildman–Crippen MR) is 108 cm³/mol. The van der Waals surface area contributed by atoms with E-state index in [2.05, 4.69) is 4.72 Å². The van der Waals surface area contributed by atoms with E-state index in [0.29, 0.717) is 11.6 Å². The van der Waals surface area contributed by atoms with Crippen LogP contribution in [0.25, 0.3) is 0 Å². The Labute approximate surface area is 163 Å². The molecule has 140 valence electrons. The van der Waals surface area contributed by atoms with Crippen LogP contribution < -0.4 is 4.72 Å². The number of nitrogens with zero attached hydrogens (tertiary/aromatic N) is 1. The molecule has 0 saturated carbocycles. The third kappa shape index (κ3) is 5.93. The smallest absolute Gasteiger partial charge is 0.285 e. The number of thioether (sulfide) groups is 1. The van der Waals surface area contributed by atoms with Crippen molar-refractivity contribution in [2.24, 2.45) is 0 Å². The molecule has 0 unspecified atom stereocenters. The van der Waals surface area contributed by atoms with Gasteiger partial charge in [0.05, 0.1) is 4.90 Å². The fraction of sp³-hybridized carbons (Fsp3) is 0.278. The summed E-state index contributed by atoms with van der Waals surface area (Å²) < 4.78 is 27.5. The Balaban J connectivity index is 2.05. The summed E-state index contributed by atoms with van der Waals surface area (Å²) in [5.41, 5.74) is 1.49. The first kappa shape index (κ1) is 20.6. The molecule has 0 heterocycles. The van der Waals surface area contributed by atoms with Crippen molar-refractivity contribution in [3.63, 3.8) is 0 Å². The zero-order chi connectivity index (χ0) is 19.2. The van der Waals surface area contributed by atoms with Gasteiger partial charge in [0.15, 0.2) is 0 Å². The number of benzene rings is 2. The third-order valence-corrected chi connectivity index (χ3v) is 6.22. The highest BCUT2D eigenvalue weighted by atomic mass is 35.5. The molecule has 1 N–H and O–H groups in total. The van der Waals surface area contributed by atoms with Crippen LogP contribution in [0.4, 0.5) is 10.5 Å². The molecule has 0 radical (unpaired) electrons. The number of hydrogen-bond donors (Lipinski definition) is 1. The first-order chi connectivity index (χ1) is 12.3. The fourth-order valence-electron chi connectivity index (χ4n) is 2.10. The maximum atomic E-state index is 12.5. The SMILES string of the molecule is CN(C)C(=O)Sc1ccc(NS(=O)(=O)c2ccc(CCCCl)cc2)cc1. The Morgan fingerprint density at radius 1 is 1.08 bits per heavy atom. The zero-order valence-corrected chi connectivity index (χ0v) is 17.0. The number of sulfonamides is 1. The molecule has 0 aliphatic heterocycles. The van der Waals surface area contributed by atoms with Crippen molar-refractivity contribution in [2.45, 2.75) is 22.6 Å². The molecule has 0 saturated heterocycles. The number of amides is 1. The van der Waals surface area contributed by atoms with Crippen molar-refractivity contribution < 1.29 is 13.2 Å². The summed E-state index contributed by atoms with van der Waals surface area (Å²) >= 11 is 6.75. The van der Waals surface area contributed by atoms with E-state index in [1.807, 2.05) is 0 Å². The molecule has 0 atom stereocenters. The Bertz CT molecular complexity index is 836. The number of halogens is 1. The number of hydrogen-bond acceptors (Lipinski definition) is 4. The van der Waals surface area contributed by atoms with Crippen LogP contribution in [0.2, 0.25) is 0 Å². The summed E-state index contributed by atoms with van der Waals surface area (Å²) in [4.78, 5) is 14.1. The highest BCUT2D eigenvalue weighted by molar-refractivity contribution is 8.13. The van der Waals surface area contributed by atoms with Crippen LogP contribution in [-0.2, 0) is 16.4 Å². The second-order valence-corrected chi connectivity index (χ2v) is 8.91. The normalized spacial score (nSPS) is 11.2. The van der Waals surface area contributed by atoms with Gasteiger partial charge in [-0.2, -0.15) is 0 Å². The van der Waals surface area contributed by atoms with E-state index in [9.17, 15) is 13.2 Å². The van der Waals surface area contributed by atoms with E-state index in [0.717, 1.165) is 35.1 Å². The first-order valence-corrected chi connectivity index (χ1v) is 10.8. The average Bonchev–Trinajstić information content (AvgIpc) is 2.61. The standard InChI is InChI=1S/C18H21ClN2O3S2/c1-21(2)18(22)25-16-9-7-15(8-10-16)20-26(23,24)17-11-5-14(6-12-17)4-3-13-19/h5-12,20H,3-4,13H2,1-2H3. The molecule has 2 aromatic rings. The summed E-state index contributed by atoms with van der Waals surface area (Å²) in [5, 5.41) is -0.0902.